The lowest BCUT2D eigenvalue weighted by molar-refractivity contribution is 0.103. The molecular weight excluding hydrogens is 198 g/mol. The molecule has 94 valence electrons. The SMILES string of the molecule is CCCN1N=CN(CC(C)C)C1CC(C)C. The van der Waals surface area contributed by atoms with Crippen LogP contribution in [0, 0.1) is 11.8 Å². The summed E-state index contributed by atoms with van der Waals surface area (Å²) in [6.45, 7) is 13.5. The molecule has 1 heterocycles. The van der Waals surface area contributed by atoms with Gasteiger partial charge >= 0.3 is 0 Å². The molecule has 0 N–H and O–H groups in total. The molecule has 0 spiro atoms. The first-order valence-corrected chi connectivity index (χ1v) is 6.61. The second kappa shape index (κ2) is 6.12. The number of hydrogen-bond donors (Lipinski definition) is 0. The van der Waals surface area contributed by atoms with Gasteiger partial charge in [-0.2, -0.15) is 5.10 Å². The molecule has 0 aromatic heterocycles. The van der Waals surface area contributed by atoms with Crippen molar-refractivity contribution in [2.24, 2.45) is 16.9 Å². The standard InChI is InChI=1S/C13H27N3/c1-6-7-16-13(8-11(2)3)15(10-14-16)9-12(4)5/h10-13H,6-9H2,1-5H3. The summed E-state index contributed by atoms with van der Waals surface area (Å²) in [6.07, 6.45) is 4.89. The van der Waals surface area contributed by atoms with Crippen LogP contribution >= 0.6 is 0 Å². The molecule has 0 bridgehead atoms. The normalized spacial score (nSPS) is 20.6. The second-order valence-electron chi connectivity index (χ2n) is 5.59. The molecule has 0 amide bonds. The molecule has 3 nitrogen and oxygen atoms in total. The van der Waals surface area contributed by atoms with Crippen molar-refractivity contribution in [3.63, 3.8) is 0 Å². The maximum Gasteiger partial charge on any atom is 0.119 e. The van der Waals surface area contributed by atoms with E-state index in [1.165, 1.54) is 12.8 Å². The fourth-order valence-electron chi connectivity index (χ4n) is 2.16. The van der Waals surface area contributed by atoms with Crippen LogP contribution in [0.2, 0.25) is 0 Å². The average molecular weight is 225 g/mol. The van der Waals surface area contributed by atoms with Gasteiger partial charge < -0.3 is 4.90 Å². The van der Waals surface area contributed by atoms with Crippen molar-refractivity contribution in [2.75, 3.05) is 13.1 Å². The minimum atomic E-state index is 0.488. The highest BCUT2D eigenvalue weighted by atomic mass is 15.6. The molecule has 0 saturated carbocycles. The van der Waals surface area contributed by atoms with Crippen LogP contribution < -0.4 is 0 Å². The van der Waals surface area contributed by atoms with E-state index in [9.17, 15) is 0 Å². The first-order chi connectivity index (χ1) is 7.54. The highest BCUT2D eigenvalue weighted by Crippen LogP contribution is 2.21. The number of hydrogen-bond acceptors (Lipinski definition) is 3. The lowest BCUT2D eigenvalue weighted by Crippen LogP contribution is -2.42. The molecule has 0 saturated heterocycles. The van der Waals surface area contributed by atoms with E-state index in [2.05, 4.69) is 49.6 Å². The Bertz CT molecular complexity index is 223. The number of hydrazone groups is 1. The van der Waals surface area contributed by atoms with Gasteiger partial charge in [0.05, 0.1) is 0 Å². The lowest BCUT2D eigenvalue weighted by atomic mass is 10.1. The van der Waals surface area contributed by atoms with E-state index in [1.54, 1.807) is 0 Å². The predicted molar refractivity (Wildman–Crippen MR) is 70.3 cm³/mol. The fraction of sp³-hybridized carbons (Fsp3) is 0.923. The first kappa shape index (κ1) is 13.3. The maximum atomic E-state index is 4.53. The summed E-state index contributed by atoms with van der Waals surface area (Å²) in [7, 11) is 0. The van der Waals surface area contributed by atoms with Crippen molar-refractivity contribution in [3.8, 4) is 0 Å². The molecule has 16 heavy (non-hydrogen) atoms. The van der Waals surface area contributed by atoms with Gasteiger partial charge in [-0.25, -0.2) is 0 Å². The summed E-state index contributed by atoms with van der Waals surface area (Å²) >= 11 is 0. The van der Waals surface area contributed by atoms with E-state index in [-0.39, 0.29) is 0 Å². The molecule has 1 aliphatic rings. The van der Waals surface area contributed by atoms with E-state index in [4.69, 9.17) is 0 Å². The van der Waals surface area contributed by atoms with Crippen LogP contribution in [-0.2, 0) is 0 Å². The Balaban J connectivity index is 2.59. The van der Waals surface area contributed by atoms with E-state index >= 15 is 0 Å². The van der Waals surface area contributed by atoms with Gasteiger partial charge in [-0.1, -0.05) is 34.6 Å². The molecule has 3 heteroatoms. The Morgan fingerprint density at radius 2 is 1.88 bits per heavy atom. The quantitative estimate of drug-likeness (QED) is 0.692. The zero-order valence-electron chi connectivity index (χ0n) is 11.5. The van der Waals surface area contributed by atoms with Crippen molar-refractivity contribution < 1.29 is 0 Å². The van der Waals surface area contributed by atoms with E-state index < -0.39 is 0 Å². The highest BCUT2D eigenvalue weighted by Gasteiger charge is 2.27. The van der Waals surface area contributed by atoms with E-state index in [0.717, 1.165) is 19.0 Å². The molecule has 0 aromatic carbocycles. The van der Waals surface area contributed by atoms with Crippen molar-refractivity contribution in [1.29, 1.82) is 0 Å². The molecule has 1 atom stereocenters. The summed E-state index contributed by atoms with van der Waals surface area (Å²) in [4.78, 5) is 2.40. The molecule has 0 aliphatic carbocycles. The van der Waals surface area contributed by atoms with Gasteiger partial charge in [0.1, 0.15) is 12.5 Å². The van der Waals surface area contributed by atoms with Gasteiger partial charge in [-0.05, 0) is 24.7 Å². The van der Waals surface area contributed by atoms with E-state index in [0.29, 0.717) is 12.1 Å². The van der Waals surface area contributed by atoms with Crippen LogP contribution in [0.1, 0.15) is 47.5 Å². The molecule has 0 radical (unpaired) electrons. The minimum Gasteiger partial charge on any atom is -0.339 e. The van der Waals surface area contributed by atoms with Crippen molar-refractivity contribution in [3.05, 3.63) is 0 Å². The van der Waals surface area contributed by atoms with Gasteiger partial charge in [0.2, 0.25) is 0 Å². The topological polar surface area (TPSA) is 18.8 Å². The Morgan fingerprint density at radius 1 is 1.19 bits per heavy atom. The van der Waals surface area contributed by atoms with Gasteiger partial charge in [0, 0.05) is 13.1 Å². The third-order valence-electron chi connectivity index (χ3n) is 2.79. The third kappa shape index (κ3) is 3.69. The third-order valence-corrected chi connectivity index (χ3v) is 2.79. The second-order valence-corrected chi connectivity index (χ2v) is 5.59. The maximum absolute atomic E-state index is 4.53. The van der Waals surface area contributed by atoms with Crippen LogP contribution in [0.4, 0.5) is 0 Å². The first-order valence-electron chi connectivity index (χ1n) is 6.61. The van der Waals surface area contributed by atoms with Gasteiger partial charge in [-0.15, -0.1) is 0 Å². The molecular formula is C13H27N3. The van der Waals surface area contributed by atoms with Crippen molar-refractivity contribution in [2.45, 2.75) is 53.6 Å². The van der Waals surface area contributed by atoms with E-state index in [1.807, 2.05) is 6.34 Å². The monoisotopic (exact) mass is 225 g/mol. The summed E-state index contributed by atoms with van der Waals surface area (Å²) in [5.41, 5.74) is 0. The zero-order chi connectivity index (χ0) is 12.1. The molecule has 1 unspecified atom stereocenters. The lowest BCUT2D eigenvalue weighted by Gasteiger charge is -2.32. The van der Waals surface area contributed by atoms with Crippen molar-refractivity contribution in [1.82, 2.24) is 9.91 Å². The smallest absolute Gasteiger partial charge is 0.119 e. The molecule has 0 aromatic rings. The minimum absolute atomic E-state index is 0.488. The van der Waals surface area contributed by atoms with Crippen LogP contribution in [0.5, 0.6) is 0 Å². The summed E-state index contributed by atoms with van der Waals surface area (Å²) in [6, 6.07) is 0. The Hall–Kier alpha value is -0.730. The van der Waals surface area contributed by atoms with Crippen molar-refractivity contribution >= 4 is 6.34 Å². The Labute approximate surface area is 100 Å². The van der Waals surface area contributed by atoms with Crippen LogP contribution in [-0.4, -0.2) is 35.5 Å². The Morgan fingerprint density at radius 3 is 2.38 bits per heavy atom. The highest BCUT2D eigenvalue weighted by molar-refractivity contribution is 5.57. The number of rotatable bonds is 6. The van der Waals surface area contributed by atoms with Gasteiger partial charge in [0.15, 0.2) is 0 Å². The number of nitrogens with zero attached hydrogens (tertiary/aromatic N) is 3. The molecule has 1 aliphatic heterocycles. The van der Waals surface area contributed by atoms with Gasteiger partial charge in [-0.3, -0.25) is 5.01 Å². The van der Waals surface area contributed by atoms with Crippen LogP contribution in [0.25, 0.3) is 0 Å². The average Bonchev–Trinajstić information content (AvgIpc) is 2.49. The molecule has 0 fully saturated rings. The summed E-state index contributed by atoms with van der Waals surface area (Å²) in [5, 5.41) is 6.78. The Kier molecular flexibility index (Phi) is 5.10. The largest absolute Gasteiger partial charge is 0.339 e. The zero-order valence-corrected chi connectivity index (χ0v) is 11.5. The summed E-state index contributed by atoms with van der Waals surface area (Å²) < 4.78 is 0. The van der Waals surface area contributed by atoms with Crippen LogP contribution in [0.3, 0.4) is 0 Å². The van der Waals surface area contributed by atoms with Gasteiger partial charge in [0.25, 0.3) is 0 Å². The molecule has 1 rings (SSSR count). The van der Waals surface area contributed by atoms with Crippen LogP contribution in [0.15, 0.2) is 5.10 Å². The predicted octanol–water partition coefficient (Wildman–Crippen LogP) is 2.99. The summed E-state index contributed by atoms with van der Waals surface area (Å²) in [5.74, 6) is 1.42. The fourth-order valence-corrected chi connectivity index (χ4v) is 2.16.